The molecule has 0 saturated carbocycles. The number of benzene rings is 1. The van der Waals surface area contributed by atoms with Crippen LogP contribution in [0.3, 0.4) is 0 Å². The van der Waals surface area contributed by atoms with E-state index in [0.717, 1.165) is 26.8 Å². The lowest BCUT2D eigenvalue weighted by molar-refractivity contribution is 0.225. The second-order valence-corrected chi connectivity index (χ2v) is 5.26. The molecule has 3 rings (SSSR count). The summed E-state index contributed by atoms with van der Waals surface area (Å²) in [6, 6.07) is 9.98. The smallest absolute Gasteiger partial charge is 0.114 e. The van der Waals surface area contributed by atoms with E-state index in [1.165, 1.54) is 0 Å². The van der Waals surface area contributed by atoms with Crippen LogP contribution >= 0.6 is 11.3 Å². The van der Waals surface area contributed by atoms with Crippen LogP contribution in [0.1, 0.15) is 22.1 Å². The number of aryl methyl sites for hydroxylation is 1. The summed E-state index contributed by atoms with van der Waals surface area (Å²) in [5.41, 5.74) is 2.06. The minimum Gasteiger partial charge on any atom is -0.383 e. The molecular weight excluding hydrogens is 242 g/mol. The first-order valence-corrected chi connectivity index (χ1v) is 6.70. The third kappa shape index (κ3) is 1.82. The Hall–Kier alpha value is -1.71. The van der Waals surface area contributed by atoms with E-state index in [9.17, 15) is 5.11 Å². The van der Waals surface area contributed by atoms with Gasteiger partial charge in [0.1, 0.15) is 6.10 Å². The standard InChI is InChI=1S/C15H13NOS/c1-10-6-8-18-15(10)14(17)12-4-2-3-11-5-7-16-9-13(11)12/h2-9,14,17H,1H3. The van der Waals surface area contributed by atoms with Gasteiger partial charge in [0.05, 0.1) is 0 Å². The molecule has 1 unspecified atom stereocenters. The molecule has 3 heteroatoms. The minimum atomic E-state index is -0.571. The molecule has 1 aromatic carbocycles. The molecule has 18 heavy (non-hydrogen) atoms. The molecule has 0 aliphatic carbocycles. The number of hydrogen-bond acceptors (Lipinski definition) is 3. The van der Waals surface area contributed by atoms with Crippen molar-refractivity contribution in [3.63, 3.8) is 0 Å². The van der Waals surface area contributed by atoms with Crippen molar-refractivity contribution in [2.24, 2.45) is 0 Å². The van der Waals surface area contributed by atoms with Crippen LogP contribution in [0, 0.1) is 6.92 Å². The van der Waals surface area contributed by atoms with Gasteiger partial charge in [-0.1, -0.05) is 18.2 Å². The number of aliphatic hydroxyl groups excluding tert-OH is 1. The largest absolute Gasteiger partial charge is 0.383 e. The summed E-state index contributed by atoms with van der Waals surface area (Å²) in [7, 11) is 0. The highest BCUT2D eigenvalue weighted by Crippen LogP contribution is 2.32. The van der Waals surface area contributed by atoms with Gasteiger partial charge in [0.25, 0.3) is 0 Å². The van der Waals surface area contributed by atoms with Gasteiger partial charge in [-0.05, 0) is 40.9 Å². The zero-order valence-corrected chi connectivity index (χ0v) is 10.8. The second-order valence-electron chi connectivity index (χ2n) is 4.31. The van der Waals surface area contributed by atoms with E-state index in [-0.39, 0.29) is 0 Å². The predicted octanol–water partition coefficient (Wildman–Crippen LogP) is 3.69. The van der Waals surface area contributed by atoms with Gasteiger partial charge in [0.15, 0.2) is 0 Å². The average molecular weight is 255 g/mol. The molecule has 0 radical (unpaired) electrons. The van der Waals surface area contributed by atoms with Crippen LogP contribution in [0.2, 0.25) is 0 Å². The molecule has 0 amide bonds. The molecule has 3 aromatic rings. The lowest BCUT2D eigenvalue weighted by Gasteiger charge is -2.13. The van der Waals surface area contributed by atoms with Crippen LogP contribution in [0.4, 0.5) is 0 Å². The fourth-order valence-corrected chi connectivity index (χ4v) is 3.11. The molecule has 0 saturated heterocycles. The van der Waals surface area contributed by atoms with Gasteiger partial charge in [-0.3, -0.25) is 4.98 Å². The Morgan fingerprint density at radius 2 is 2.11 bits per heavy atom. The Kier molecular flexibility index (Phi) is 2.86. The van der Waals surface area contributed by atoms with E-state index in [0.29, 0.717) is 0 Å². The molecule has 1 N–H and O–H groups in total. The Balaban J connectivity index is 2.18. The molecule has 2 nitrogen and oxygen atoms in total. The Labute approximate surface area is 110 Å². The van der Waals surface area contributed by atoms with Crippen molar-refractivity contribution in [3.05, 3.63) is 64.1 Å². The van der Waals surface area contributed by atoms with Gasteiger partial charge in [-0.2, -0.15) is 0 Å². The molecule has 2 heterocycles. The zero-order chi connectivity index (χ0) is 12.5. The third-order valence-corrected chi connectivity index (χ3v) is 4.23. The SMILES string of the molecule is Cc1ccsc1C(O)c1cccc2ccncc12. The molecule has 0 fully saturated rings. The van der Waals surface area contributed by atoms with Crippen LogP contribution in [-0.4, -0.2) is 10.1 Å². The molecule has 1 atom stereocenters. The summed E-state index contributed by atoms with van der Waals surface area (Å²) in [6.07, 6.45) is 3.02. The molecule has 0 spiro atoms. The van der Waals surface area contributed by atoms with Gasteiger partial charge in [0.2, 0.25) is 0 Å². The molecule has 2 aromatic heterocycles. The van der Waals surface area contributed by atoms with E-state index in [1.54, 1.807) is 17.5 Å². The van der Waals surface area contributed by atoms with E-state index in [2.05, 4.69) is 4.98 Å². The third-order valence-electron chi connectivity index (χ3n) is 3.16. The van der Waals surface area contributed by atoms with Crippen LogP contribution < -0.4 is 0 Å². The maximum Gasteiger partial charge on any atom is 0.114 e. The number of nitrogens with zero attached hydrogens (tertiary/aromatic N) is 1. The summed E-state index contributed by atoms with van der Waals surface area (Å²) in [5, 5.41) is 14.7. The van der Waals surface area contributed by atoms with Crippen molar-refractivity contribution >= 4 is 22.1 Å². The fraction of sp³-hybridized carbons (Fsp3) is 0.133. The minimum absolute atomic E-state index is 0.571. The van der Waals surface area contributed by atoms with E-state index in [1.807, 2.05) is 48.8 Å². The summed E-state index contributed by atoms with van der Waals surface area (Å²) in [6.45, 7) is 2.03. The lowest BCUT2D eigenvalue weighted by Crippen LogP contribution is -2.00. The maximum atomic E-state index is 10.5. The predicted molar refractivity (Wildman–Crippen MR) is 74.9 cm³/mol. The highest BCUT2D eigenvalue weighted by molar-refractivity contribution is 7.10. The van der Waals surface area contributed by atoms with Crippen LogP contribution in [0.25, 0.3) is 10.8 Å². The van der Waals surface area contributed by atoms with Crippen molar-refractivity contribution < 1.29 is 5.11 Å². The van der Waals surface area contributed by atoms with Gasteiger partial charge >= 0.3 is 0 Å². The van der Waals surface area contributed by atoms with Crippen molar-refractivity contribution in [1.82, 2.24) is 4.98 Å². The van der Waals surface area contributed by atoms with Crippen molar-refractivity contribution in [2.75, 3.05) is 0 Å². The van der Waals surface area contributed by atoms with Crippen LogP contribution in [0.5, 0.6) is 0 Å². The van der Waals surface area contributed by atoms with Crippen molar-refractivity contribution in [1.29, 1.82) is 0 Å². The first-order valence-electron chi connectivity index (χ1n) is 5.82. The van der Waals surface area contributed by atoms with Gasteiger partial charge < -0.3 is 5.11 Å². The summed E-state index contributed by atoms with van der Waals surface area (Å²) in [4.78, 5) is 5.16. The van der Waals surface area contributed by atoms with Gasteiger partial charge in [-0.15, -0.1) is 11.3 Å². The van der Waals surface area contributed by atoms with E-state index >= 15 is 0 Å². The van der Waals surface area contributed by atoms with E-state index < -0.39 is 6.10 Å². The second kappa shape index (κ2) is 4.52. The number of hydrogen-bond donors (Lipinski definition) is 1. The molecular formula is C15H13NOS. The summed E-state index contributed by atoms with van der Waals surface area (Å²) < 4.78 is 0. The molecule has 90 valence electrons. The quantitative estimate of drug-likeness (QED) is 0.757. The maximum absolute atomic E-state index is 10.5. The number of thiophene rings is 1. The average Bonchev–Trinajstić information content (AvgIpc) is 2.83. The Bertz CT molecular complexity index is 684. The monoisotopic (exact) mass is 255 g/mol. The van der Waals surface area contributed by atoms with Crippen molar-refractivity contribution in [3.8, 4) is 0 Å². The number of fused-ring (bicyclic) bond motifs is 1. The molecule has 0 aliphatic rings. The zero-order valence-electron chi connectivity index (χ0n) is 10.00. The van der Waals surface area contributed by atoms with E-state index in [4.69, 9.17) is 0 Å². The Morgan fingerprint density at radius 1 is 1.22 bits per heavy atom. The first kappa shape index (κ1) is 11.4. The molecule has 0 bridgehead atoms. The highest BCUT2D eigenvalue weighted by atomic mass is 32.1. The fourth-order valence-electron chi connectivity index (χ4n) is 2.18. The number of rotatable bonds is 2. The summed E-state index contributed by atoms with van der Waals surface area (Å²) in [5.74, 6) is 0. The van der Waals surface area contributed by atoms with Crippen molar-refractivity contribution in [2.45, 2.75) is 13.0 Å². The van der Waals surface area contributed by atoms with Gasteiger partial charge in [0, 0.05) is 22.7 Å². The number of aromatic nitrogens is 1. The number of aliphatic hydroxyl groups is 1. The number of pyridine rings is 1. The Morgan fingerprint density at radius 3 is 2.89 bits per heavy atom. The summed E-state index contributed by atoms with van der Waals surface area (Å²) >= 11 is 1.59. The van der Waals surface area contributed by atoms with Gasteiger partial charge in [-0.25, -0.2) is 0 Å². The highest BCUT2D eigenvalue weighted by Gasteiger charge is 2.16. The normalized spacial score (nSPS) is 12.8. The van der Waals surface area contributed by atoms with Crippen LogP contribution in [0.15, 0.2) is 48.1 Å². The van der Waals surface area contributed by atoms with Crippen LogP contribution in [-0.2, 0) is 0 Å². The topological polar surface area (TPSA) is 33.1 Å². The molecule has 0 aliphatic heterocycles. The lowest BCUT2D eigenvalue weighted by atomic mass is 10.00. The first-order chi connectivity index (χ1) is 8.77.